The number of ether oxygens (including phenoxy) is 1. The van der Waals surface area contributed by atoms with Crippen molar-refractivity contribution in [3.05, 3.63) is 0 Å². The van der Waals surface area contributed by atoms with Gasteiger partial charge in [0.25, 0.3) is 0 Å². The van der Waals surface area contributed by atoms with E-state index in [2.05, 4.69) is 5.32 Å². The fourth-order valence-electron chi connectivity index (χ4n) is 1.97. The minimum absolute atomic E-state index is 0.0103. The van der Waals surface area contributed by atoms with Gasteiger partial charge >= 0.3 is 5.97 Å². The van der Waals surface area contributed by atoms with Gasteiger partial charge in [-0.1, -0.05) is 0 Å². The van der Waals surface area contributed by atoms with Crippen LogP contribution in [0.2, 0.25) is 0 Å². The molecule has 1 fully saturated rings. The second-order valence-electron chi connectivity index (χ2n) is 4.64. The summed E-state index contributed by atoms with van der Waals surface area (Å²) < 4.78 is 5.38. The third kappa shape index (κ3) is 6.19. The van der Waals surface area contributed by atoms with E-state index >= 15 is 0 Å². The van der Waals surface area contributed by atoms with E-state index in [4.69, 9.17) is 15.6 Å². The molecule has 0 saturated carbocycles. The predicted molar refractivity (Wildman–Crippen MR) is 66.2 cm³/mol. The van der Waals surface area contributed by atoms with Gasteiger partial charge in [0.15, 0.2) is 0 Å². The van der Waals surface area contributed by atoms with Gasteiger partial charge in [-0.3, -0.25) is 9.59 Å². The lowest BCUT2D eigenvalue weighted by molar-refractivity contribution is -0.142. The van der Waals surface area contributed by atoms with E-state index < -0.39 is 17.9 Å². The Kier molecular flexibility index (Phi) is 6.27. The number of amides is 2. The molecule has 0 aromatic heterocycles. The second kappa shape index (κ2) is 7.73. The average Bonchev–Trinajstić information content (AvgIpc) is 2.84. The standard InChI is InChI=1S/C12H20N2O5/c13-10(15)5-4-9(12(17)18)14-11(16)6-3-8-2-1-7-19-8/h8-9H,1-7H2,(H2,13,15)(H,14,16)(H,17,18)/t8?,9-/m0/s1. The Bertz CT molecular complexity index is 339. The molecular weight excluding hydrogens is 252 g/mol. The molecule has 108 valence electrons. The molecule has 1 heterocycles. The highest BCUT2D eigenvalue weighted by atomic mass is 16.5. The maximum absolute atomic E-state index is 11.6. The minimum Gasteiger partial charge on any atom is -0.480 e. The van der Waals surface area contributed by atoms with Gasteiger partial charge in [0.1, 0.15) is 6.04 Å². The van der Waals surface area contributed by atoms with Crippen LogP contribution in [0.1, 0.15) is 38.5 Å². The number of primary amides is 1. The summed E-state index contributed by atoms with van der Waals surface area (Å²) in [6, 6.07) is -1.07. The number of hydrogen-bond acceptors (Lipinski definition) is 4. The van der Waals surface area contributed by atoms with Crippen molar-refractivity contribution >= 4 is 17.8 Å². The first-order chi connectivity index (χ1) is 8.99. The van der Waals surface area contributed by atoms with Crippen molar-refractivity contribution in [3.63, 3.8) is 0 Å². The molecule has 1 aliphatic rings. The molecule has 0 radical (unpaired) electrons. The van der Waals surface area contributed by atoms with Crippen LogP contribution in [0.5, 0.6) is 0 Å². The molecule has 0 aromatic rings. The number of nitrogens with two attached hydrogens (primary N) is 1. The van der Waals surface area contributed by atoms with Crippen LogP contribution in [-0.2, 0) is 19.1 Å². The lowest BCUT2D eigenvalue weighted by Gasteiger charge is -2.14. The highest BCUT2D eigenvalue weighted by Crippen LogP contribution is 2.16. The SMILES string of the molecule is NC(=O)CC[C@H](NC(=O)CCC1CCCO1)C(=O)O. The Morgan fingerprint density at radius 3 is 2.63 bits per heavy atom. The first-order valence-electron chi connectivity index (χ1n) is 6.41. The summed E-state index contributed by atoms with van der Waals surface area (Å²) in [5, 5.41) is 11.3. The number of nitrogens with one attached hydrogen (secondary N) is 1. The highest BCUT2D eigenvalue weighted by Gasteiger charge is 2.22. The van der Waals surface area contributed by atoms with Crippen LogP contribution in [-0.4, -0.2) is 41.6 Å². The van der Waals surface area contributed by atoms with Crippen LogP contribution in [0.3, 0.4) is 0 Å². The van der Waals surface area contributed by atoms with Crippen molar-refractivity contribution in [3.8, 4) is 0 Å². The Labute approximate surface area is 111 Å². The van der Waals surface area contributed by atoms with Crippen molar-refractivity contribution < 1.29 is 24.2 Å². The summed E-state index contributed by atoms with van der Waals surface area (Å²) in [5.41, 5.74) is 4.95. The van der Waals surface area contributed by atoms with Crippen LogP contribution >= 0.6 is 0 Å². The summed E-state index contributed by atoms with van der Waals surface area (Å²) >= 11 is 0. The van der Waals surface area contributed by atoms with Gasteiger partial charge in [0, 0.05) is 19.4 Å². The summed E-state index contributed by atoms with van der Waals surface area (Å²) in [6.07, 6.45) is 2.80. The van der Waals surface area contributed by atoms with Crippen LogP contribution in [0.15, 0.2) is 0 Å². The molecule has 0 aromatic carbocycles. The molecule has 1 unspecified atom stereocenters. The molecule has 7 nitrogen and oxygen atoms in total. The molecule has 2 atom stereocenters. The van der Waals surface area contributed by atoms with Crippen LogP contribution in [0, 0.1) is 0 Å². The van der Waals surface area contributed by atoms with Crippen molar-refractivity contribution in [2.24, 2.45) is 5.73 Å². The van der Waals surface area contributed by atoms with Gasteiger partial charge < -0.3 is 20.9 Å². The molecule has 2 amide bonds. The number of carboxylic acid groups (broad SMARTS) is 1. The topological polar surface area (TPSA) is 119 Å². The van der Waals surface area contributed by atoms with Gasteiger partial charge in [0.05, 0.1) is 6.10 Å². The monoisotopic (exact) mass is 272 g/mol. The van der Waals surface area contributed by atoms with E-state index in [0.29, 0.717) is 6.42 Å². The van der Waals surface area contributed by atoms with Gasteiger partial charge in [-0.25, -0.2) is 4.79 Å². The molecular formula is C12H20N2O5. The molecule has 4 N–H and O–H groups in total. The molecule has 1 saturated heterocycles. The van der Waals surface area contributed by atoms with Crippen LogP contribution in [0.4, 0.5) is 0 Å². The molecule has 7 heteroatoms. The highest BCUT2D eigenvalue weighted by molar-refractivity contribution is 5.84. The summed E-state index contributed by atoms with van der Waals surface area (Å²) in [6.45, 7) is 0.725. The molecule has 1 rings (SSSR count). The molecule has 0 aliphatic carbocycles. The lowest BCUT2D eigenvalue weighted by Crippen LogP contribution is -2.41. The van der Waals surface area contributed by atoms with E-state index in [1.54, 1.807) is 0 Å². The van der Waals surface area contributed by atoms with E-state index in [-0.39, 0.29) is 31.3 Å². The fraction of sp³-hybridized carbons (Fsp3) is 0.750. The zero-order valence-electron chi connectivity index (χ0n) is 10.8. The van der Waals surface area contributed by atoms with Crippen molar-refractivity contribution in [1.29, 1.82) is 0 Å². The third-order valence-corrected chi connectivity index (χ3v) is 3.03. The number of carbonyl (C=O) groups is 3. The molecule has 19 heavy (non-hydrogen) atoms. The Morgan fingerprint density at radius 2 is 2.11 bits per heavy atom. The summed E-state index contributed by atoms with van der Waals surface area (Å²) in [7, 11) is 0. The Balaban J connectivity index is 2.29. The van der Waals surface area contributed by atoms with E-state index in [0.717, 1.165) is 19.4 Å². The van der Waals surface area contributed by atoms with E-state index in [1.807, 2.05) is 0 Å². The van der Waals surface area contributed by atoms with E-state index in [1.165, 1.54) is 0 Å². The van der Waals surface area contributed by atoms with Gasteiger partial charge in [-0.2, -0.15) is 0 Å². The van der Waals surface area contributed by atoms with Crippen molar-refractivity contribution in [2.45, 2.75) is 50.7 Å². The van der Waals surface area contributed by atoms with Gasteiger partial charge in [0.2, 0.25) is 11.8 Å². The van der Waals surface area contributed by atoms with Crippen LogP contribution in [0.25, 0.3) is 0 Å². The largest absolute Gasteiger partial charge is 0.480 e. The summed E-state index contributed by atoms with van der Waals surface area (Å²) in [4.78, 5) is 33.1. The lowest BCUT2D eigenvalue weighted by atomic mass is 10.1. The molecule has 0 spiro atoms. The number of carboxylic acids is 1. The first kappa shape index (κ1) is 15.4. The third-order valence-electron chi connectivity index (χ3n) is 3.03. The van der Waals surface area contributed by atoms with Gasteiger partial charge in [-0.05, 0) is 25.7 Å². The predicted octanol–water partition coefficient (Wildman–Crippen LogP) is -0.219. The molecule has 1 aliphatic heterocycles. The maximum atomic E-state index is 11.6. The number of hydrogen-bond donors (Lipinski definition) is 3. The van der Waals surface area contributed by atoms with Crippen molar-refractivity contribution in [2.75, 3.05) is 6.61 Å². The maximum Gasteiger partial charge on any atom is 0.326 e. The average molecular weight is 272 g/mol. The van der Waals surface area contributed by atoms with Gasteiger partial charge in [-0.15, -0.1) is 0 Å². The van der Waals surface area contributed by atoms with E-state index in [9.17, 15) is 14.4 Å². The number of carbonyl (C=O) groups excluding carboxylic acids is 2. The molecule has 0 bridgehead atoms. The zero-order valence-corrected chi connectivity index (χ0v) is 10.8. The quantitative estimate of drug-likeness (QED) is 0.564. The second-order valence-corrected chi connectivity index (χ2v) is 4.64. The van der Waals surface area contributed by atoms with Crippen molar-refractivity contribution in [1.82, 2.24) is 5.32 Å². The zero-order chi connectivity index (χ0) is 14.3. The number of aliphatic carboxylic acids is 1. The summed E-state index contributed by atoms with van der Waals surface area (Å²) in [5.74, 6) is -2.08. The number of rotatable bonds is 8. The normalized spacial score (nSPS) is 19.9. The Morgan fingerprint density at radius 1 is 1.37 bits per heavy atom. The fourth-order valence-corrected chi connectivity index (χ4v) is 1.97. The minimum atomic E-state index is -1.16. The van der Waals surface area contributed by atoms with Crippen LogP contribution < -0.4 is 11.1 Å². The first-order valence-corrected chi connectivity index (χ1v) is 6.41. The smallest absolute Gasteiger partial charge is 0.326 e. The Hall–Kier alpha value is -1.63.